The average molecular weight is 238 g/mol. The number of methoxy groups -OCH3 is 1. The topological polar surface area (TPSA) is 29.5 Å². The smallest absolute Gasteiger partial charge is 0.0776 e. The maximum Gasteiger partial charge on any atom is 0.0776 e. The van der Waals surface area contributed by atoms with Crippen LogP contribution in [0.1, 0.15) is 46.5 Å². The van der Waals surface area contributed by atoms with Crippen LogP contribution in [0.5, 0.6) is 0 Å². The molecule has 4 saturated carbocycles. The molecule has 0 saturated heterocycles. The standard InChI is InChI=1S/C15H26O2/c1-14(2,3)15(16)11-6-9-5-10(8-11)13(17-4)12(15)7-9/h9-13,16H,5-8H2,1-4H3/t9-,10+,11-,12+,13+,15+/m0/s1. The summed E-state index contributed by atoms with van der Waals surface area (Å²) in [6, 6.07) is 0. The monoisotopic (exact) mass is 238 g/mol. The maximum atomic E-state index is 11.3. The molecule has 0 aromatic carbocycles. The normalized spacial score (nSPS) is 53.1. The molecule has 4 bridgehead atoms. The van der Waals surface area contributed by atoms with E-state index < -0.39 is 5.60 Å². The number of hydrogen-bond donors (Lipinski definition) is 1. The number of hydrogen-bond acceptors (Lipinski definition) is 2. The van der Waals surface area contributed by atoms with E-state index in [1.165, 1.54) is 25.7 Å². The van der Waals surface area contributed by atoms with E-state index in [-0.39, 0.29) is 5.41 Å². The zero-order valence-electron chi connectivity index (χ0n) is 11.6. The molecule has 0 aromatic heterocycles. The summed E-state index contributed by atoms with van der Waals surface area (Å²) in [5.74, 6) is 2.45. The van der Waals surface area contributed by atoms with Gasteiger partial charge in [0, 0.05) is 13.0 Å². The second-order valence-electron chi connectivity index (χ2n) is 7.65. The predicted octanol–water partition coefficient (Wildman–Crippen LogP) is 2.84. The summed E-state index contributed by atoms with van der Waals surface area (Å²) in [7, 11) is 1.83. The molecule has 0 heterocycles. The lowest BCUT2D eigenvalue weighted by Crippen LogP contribution is -2.68. The van der Waals surface area contributed by atoms with Crippen molar-refractivity contribution in [3.8, 4) is 0 Å². The minimum atomic E-state index is -0.513. The van der Waals surface area contributed by atoms with Crippen molar-refractivity contribution in [3.63, 3.8) is 0 Å². The summed E-state index contributed by atoms with van der Waals surface area (Å²) >= 11 is 0. The Bertz CT molecular complexity index is 319. The molecule has 2 heteroatoms. The molecule has 98 valence electrons. The summed E-state index contributed by atoms with van der Waals surface area (Å²) in [5, 5.41) is 11.3. The van der Waals surface area contributed by atoms with Crippen molar-refractivity contribution < 1.29 is 9.84 Å². The average Bonchev–Trinajstić information content (AvgIpc) is 2.23. The van der Waals surface area contributed by atoms with Crippen LogP contribution < -0.4 is 0 Å². The fraction of sp³-hybridized carbons (Fsp3) is 1.00. The van der Waals surface area contributed by atoms with Gasteiger partial charge in [0.15, 0.2) is 0 Å². The van der Waals surface area contributed by atoms with Gasteiger partial charge in [-0.3, -0.25) is 0 Å². The third-order valence-corrected chi connectivity index (χ3v) is 5.95. The Morgan fingerprint density at radius 1 is 1.12 bits per heavy atom. The minimum Gasteiger partial charge on any atom is -0.389 e. The molecular weight excluding hydrogens is 212 g/mol. The zero-order valence-corrected chi connectivity index (χ0v) is 11.6. The zero-order chi connectivity index (χ0) is 12.4. The summed E-state index contributed by atoms with van der Waals surface area (Å²) in [6.45, 7) is 6.59. The van der Waals surface area contributed by atoms with Gasteiger partial charge < -0.3 is 9.84 Å². The highest BCUT2D eigenvalue weighted by Gasteiger charge is 2.64. The second-order valence-corrected chi connectivity index (χ2v) is 7.65. The van der Waals surface area contributed by atoms with Crippen molar-refractivity contribution in [2.24, 2.45) is 29.1 Å². The van der Waals surface area contributed by atoms with Gasteiger partial charge in [-0.25, -0.2) is 0 Å². The van der Waals surface area contributed by atoms with Crippen LogP contribution in [0.3, 0.4) is 0 Å². The summed E-state index contributed by atoms with van der Waals surface area (Å²) < 4.78 is 5.76. The van der Waals surface area contributed by atoms with Crippen molar-refractivity contribution in [2.45, 2.75) is 58.2 Å². The molecule has 2 nitrogen and oxygen atoms in total. The predicted molar refractivity (Wildman–Crippen MR) is 67.6 cm³/mol. The van der Waals surface area contributed by atoms with Gasteiger partial charge in [-0.1, -0.05) is 20.8 Å². The highest BCUT2D eigenvalue weighted by Crippen LogP contribution is 2.63. The number of ether oxygens (including phenoxy) is 1. The first-order valence-corrected chi connectivity index (χ1v) is 7.13. The van der Waals surface area contributed by atoms with E-state index in [4.69, 9.17) is 4.74 Å². The summed E-state index contributed by atoms with van der Waals surface area (Å²) in [4.78, 5) is 0. The van der Waals surface area contributed by atoms with E-state index in [1.807, 2.05) is 7.11 Å². The Labute approximate surface area is 105 Å². The first kappa shape index (κ1) is 12.0. The van der Waals surface area contributed by atoms with Gasteiger partial charge in [0.2, 0.25) is 0 Å². The molecule has 6 atom stereocenters. The summed E-state index contributed by atoms with van der Waals surface area (Å²) in [5.41, 5.74) is -0.548. The van der Waals surface area contributed by atoms with Crippen molar-refractivity contribution in [2.75, 3.05) is 7.11 Å². The minimum absolute atomic E-state index is 0.0353. The molecular formula is C15H26O2. The highest BCUT2D eigenvalue weighted by molar-refractivity contribution is 5.14. The van der Waals surface area contributed by atoms with E-state index in [1.54, 1.807) is 0 Å². The Morgan fingerprint density at radius 2 is 1.82 bits per heavy atom. The first-order chi connectivity index (χ1) is 7.88. The molecule has 0 radical (unpaired) electrons. The van der Waals surface area contributed by atoms with Gasteiger partial charge in [0.1, 0.15) is 0 Å². The third-order valence-electron chi connectivity index (χ3n) is 5.95. The molecule has 4 aliphatic rings. The van der Waals surface area contributed by atoms with Crippen LogP contribution in [0.25, 0.3) is 0 Å². The quantitative estimate of drug-likeness (QED) is 0.761. The van der Waals surface area contributed by atoms with E-state index >= 15 is 0 Å². The Hall–Kier alpha value is -0.0800. The van der Waals surface area contributed by atoms with E-state index in [0.717, 1.165) is 5.92 Å². The molecule has 0 spiro atoms. The van der Waals surface area contributed by atoms with Gasteiger partial charge >= 0.3 is 0 Å². The lowest BCUT2D eigenvalue weighted by molar-refractivity contribution is -0.264. The van der Waals surface area contributed by atoms with E-state index in [0.29, 0.717) is 23.9 Å². The van der Waals surface area contributed by atoms with E-state index in [2.05, 4.69) is 20.8 Å². The van der Waals surface area contributed by atoms with Crippen LogP contribution in [-0.4, -0.2) is 23.9 Å². The van der Waals surface area contributed by atoms with Crippen LogP contribution >= 0.6 is 0 Å². The SMILES string of the molecule is CO[C@@H]1[C@@H]2C[C@H]3C[C@@H](C2)[C@](O)(C(C)(C)C)[C@@H]1C3. The van der Waals surface area contributed by atoms with Crippen LogP contribution in [0.2, 0.25) is 0 Å². The van der Waals surface area contributed by atoms with Gasteiger partial charge in [-0.05, 0) is 48.9 Å². The second kappa shape index (κ2) is 3.48. The van der Waals surface area contributed by atoms with Gasteiger partial charge in [0.05, 0.1) is 11.7 Å². The van der Waals surface area contributed by atoms with Crippen LogP contribution in [0, 0.1) is 29.1 Å². The lowest BCUT2D eigenvalue weighted by Gasteiger charge is -2.65. The first-order valence-electron chi connectivity index (χ1n) is 7.13. The maximum absolute atomic E-state index is 11.3. The molecule has 17 heavy (non-hydrogen) atoms. The molecule has 0 aromatic rings. The molecule has 0 aliphatic heterocycles. The van der Waals surface area contributed by atoms with Gasteiger partial charge in [-0.15, -0.1) is 0 Å². The Kier molecular flexibility index (Phi) is 2.45. The Balaban J connectivity index is 2.01. The number of rotatable bonds is 1. The van der Waals surface area contributed by atoms with Crippen LogP contribution in [0.4, 0.5) is 0 Å². The van der Waals surface area contributed by atoms with Crippen molar-refractivity contribution >= 4 is 0 Å². The summed E-state index contributed by atoms with van der Waals surface area (Å²) in [6.07, 6.45) is 5.24. The molecule has 0 amide bonds. The highest BCUT2D eigenvalue weighted by atomic mass is 16.5. The third kappa shape index (κ3) is 1.40. The fourth-order valence-corrected chi connectivity index (χ4v) is 5.38. The Morgan fingerprint density at radius 3 is 2.41 bits per heavy atom. The van der Waals surface area contributed by atoms with Gasteiger partial charge in [-0.2, -0.15) is 0 Å². The largest absolute Gasteiger partial charge is 0.389 e. The molecule has 4 aliphatic carbocycles. The molecule has 1 N–H and O–H groups in total. The van der Waals surface area contributed by atoms with Crippen molar-refractivity contribution in [3.05, 3.63) is 0 Å². The molecule has 4 fully saturated rings. The molecule has 0 unspecified atom stereocenters. The fourth-order valence-electron chi connectivity index (χ4n) is 5.38. The number of aliphatic hydroxyl groups is 1. The van der Waals surface area contributed by atoms with Gasteiger partial charge in [0.25, 0.3) is 0 Å². The van der Waals surface area contributed by atoms with Crippen molar-refractivity contribution in [1.29, 1.82) is 0 Å². The van der Waals surface area contributed by atoms with Crippen LogP contribution in [0.15, 0.2) is 0 Å². The lowest BCUT2D eigenvalue weighted by atomic mass is 9.44. The van der Waals surface area contributed by atoms with Crippen LogP contribution in [-0.2, 0) is 4.74 Å². The van der Waals surface area contributed by atoms with Crippen molar-refractivity contribution in [1.82, 2.24) is 0 Å². The molecule has 4 rings (SSSR count). The van der Waals surface area contributed by atoms with E-state index in [9.17, 15) is 5.11 Å².